The van der Waals surface area contributed by atoms with Crippen molar-refractivity contribution in [3.8, 4) is 0 Å². The summed E-state index contributed by atoms with van der Waals surface area (Å²) < 4.78 is 0. The van der Waals surface area contributed by atoms with Gasteiger partial charge in [0.2, 0.25) is 5.91 Å². The fourth-order valence-electron chi connectivity index (χ4n) is 4.07. The predicted octanol–water partition coefficient (Wildman–Crippen LogP) is 3.77. The van der Waals surface area contributed by atoms with Crippen molar-refractivity contribution in [2.75, 3.05) is 13.1 Å². The van der Waals surface area contributed by atoms with Gasteiger partial charge in [-0.25, -0.2) is 0 Å². The summed E-state index contributed by atoms with van der Waals surface area (Å²) in [4.78, 5) is 12.3. The number of rotatable bonds is 5. The van der Waals surface area contributed by atoms with E-state index in [-0.39, 0.29) is 18.3 Å². The third-order valence-electron chi connectivity index (χ3n) is 5.67. The number of hydrogen-bond acceptors (Lipinski definition) is 2. The van der Waals surface area contributed by atoms with E-state index in [1.165, 1.54) is 38.5 Å². The van der Waals surface area contributed by atoms with Gasteiger partial charge < -0.3 is 10.6 Å². The molecule has 1 aliphatic carbocycles. The summed E-state index contributed by atoms with van der Waals surface area (Å²) in [6.45, 7) is 9.11. The zero-order valence-corrected chi connectivity index (χ0v) is 15.4. The van der Waals surface area contributed by atoms with Crippen molar-refractivity contribution in [1.29, 1.82) is 0 Å². The molecule has 4 unspecified atom stereocenters. The van der Waals surface area contributed by atoms with Gasteiger partial charge in [0.05, 0.1) is 0 Å². The monoisotopic (exact) mass is 330 g/mol. The molecule has 0 radical (unpaired) electrons. The molecule has 1 aliphatic heterocycles. The number of carbonyl (C=O) groups is 1. The summed E-state index contributed by atoms with van der Waals surface area (Å²) in [6.07, 6.45) is 8.21. The first kappa shape index (κ1) is 19.8. The molecule has 2 aliphatic rings. The van der Waals surface area contributed by atoms with E-state index in [4.69, 9.17) is 0 Å². The lowest BCUT2D eigenvalue weighted by molar-refractivity contribution is -0.123. The van der Waals surface area contributed by atoms with E-state index in [9.17, 15) is 4.79 Å². The average molecular weight is 331 g/mol. The molecule has 4 heteroatoms. The molecular formula is C18H35ClN2O. The Morgan fingerprint density at radius 2 is 1.86 bits per heavy atom. The van der Waals surface area contributed by atoms with Gasteiger partial charge in [-0.2, -0.15) is 0 Å². The van der Waals surface area contributed by atoms with Crippen molar-refractivity contribution in [3.05, 3.63) is 0 Å². The summed E-state index contributed by atoms with van der Waals surface area (Å²) in [6, 6.07) is 0.426. The second-order valence-corrected chi connectivity index (χ2v) is 7.72. The highest BCUT2D eigenvalue weighted by atomic mass is 35.5. The molecular weight excluding hydrogens is 296 g/mol. The maximum atomic E-state index is 12.3. The van der Waals surface area contributed by atoms with Gasteiger partial charge >= 0.3 is 0 Å². The van der Waals surface area contributed by atoms with Crippen molar-refractivity contribution >= 4 is 18.3 Å². The van der Waals surface area contributed by atoms with Crippen molar-refractivity contribution < 1.29 is 4.79 Å². The molecule has 1 saturated carbocycles. The molecule has 0 aromatic heterocycles. The van der Waals surface area contributed by atoms with E-state index in [1.807, 2.05) is 0 Å². The van der Waals surface area contributed by atoms with E-state index in [0.29, 0.717) is 24.3 Å². The van der Waals surface area contributed by atoms with E-state index in [1.54, 1.807) is 0 Å². The van der Waals surface area contributed by atoms with Crippen LogP contribution in [0.25, 0.3) is 0 Å². The molecule has 3 nitrogen and oxygen atoms in total. The SMILES string of the molecule is CC(C)C1CCCC(NC(=O)CC(C)C2CCCNC2)C1.Cl. The Morgan fingerprint density at radius 3 is 2.50 bits per heavy atom. The molecule has 1 heterocycles. The van der Waals surface area contributed by atoms with Crippen LogP contribution in [0, 0.1) is 23.7 Å². The molecule has 130 valence electrons. The number of piperidine rings is 1. The highest BCUT2D eigenvalue weighted by molar-refractivity contribution is 5.85. The number of halogens is 1. The van der Waals surface area contributed by atoms with Crippen LogP contribution in [-0.2, 0) is 4.79 Å². The van der Waals surface area contributed by atoms with E-state index in [2.05, 4.69) is 31.4 Å². The van der Waals surface area contributed by atoms with Gasteiger partial charge in [0, 0.05) is 12.5 Å². The minimum Gasteiger partial charge on any atom is -0.353 e. The molecule has 22 heavy (non-hydrogen) atoms. The van der Waals surface area contributed by atoms with Gasteiger partial charge in [0.25, 0.3) is 0 Å². The van der Waals surface area contributed by atoms with Gasteiger partial charge in [-0.15, -0.1) is 12.4 Å². The summed E-state index contributed by atoms with van der Waals surface area (Å²) in [5.41, 5.74) is 0. The fourth-order valence-corrected chi connectivity index (χ4v) is 4.07. The molecule has 1 saturated heterocycles. The van der Waals surface area contributed by atoms with E-state index in [0.717, 1.165) is 24.9 Å². The number of nitrogens with one attached hydrogen (secondary N) is 2. The van der Waals surface area contributed by atoms with Gasteiger partial charge in [-0.1, -0.05) is 33.6 Å². The molecule has 0 aromatic rings. The first-order valence-electron chi connectivity index (χ1n) is 9.06. The van der Waals surface area contributed by atoms with Crippen molar-refractivity contribution in [1.82, 2.24) is 10.6 Å². The summed E-state index contributed by atoms with van der Waals surface area (Å²) in [5, 5.41) is 6.77. The summed E-state index contributed by atoms with van der Waals surface area (Å²) in [5.74, 6) is 3.00. The van der Waals surface area contributed by atoms with Gasteiger partial charge in [0.15, 0.2) is 0 Å². The highest BCUT2D eigenvalue weighted by Crippen LogP contribution is 2.30. The van der Waals surface area contributed by atoms with Crippen molar-refractivity contribution in [2.24, 2.45) is 23.7 Å². The lowest BCUT2D eigenvalue weighted by Gasteiger charge is -2.33. The van der Waals surface area contributed by atoms with Crippen molar-refractivity contribution in [2.45, 2.75) is 71.8 Å². The predicted molar refractivity (Wildman–Crippen MR) is 95.3 cm³/mol. The number of hydrogen-bond donors (Lipinski definition) is 2. The normalized spacial score (nSPS) is 30.5. The van der Waals surface area contributed by atoms with Gasteiger partial charge in [-0.3, -0.25) is 4.79 Å². The van der Waals surface area contributed by atoms with Crippen LogP contribution in [0.15, 0.2) is 0 Å². The van der Waals surface area contributed by atoms with Crippen LogP contribution in [-0.4, -0.2) is 25.0 Å². The lowest BCUT2D eigenvalue weighted by Crippen LogP contribution is -2.41. The third kappa shape index (κ3) is 6.08. The first-order chi connectivity index (χ1) is 10.1. The third-order valence-corrected chi connectivity index (χ3v) is 5.67. The lowest BCUT2D eigenvalue weighted by atomic mass is 9.79. The smallest absolute Gasteiger partial charge is 0.220 e. The van der Waals surface area contributed by atoms with Crippen LogP contribution >= 0.6 is 12.4 Å². The van der Waals surface area contributed by atoms with E-state index >= 15 is 0 Å². The van der Waals surface area contributed by atoms with Crippen LogP contribution in [0.1, 0.15) is 65.7 Å². The second-order valence-electron chi connectivity index (χ2n) is 7.72. The molecule has 0 spiro atoms. The maximum Gasteiger partial charge on any atom is 0.220 e. The largest absolute Gasteiger partial charge is 0.353 e. The second kappa shape index (κ2) is 9.77. The summed E-state index contributed by atoms with van der Waals surface area (Å²) >= 11 is 0. The fraction of sp³-hybridized carbons (Fsp3) is 0.944. The van der Waals surface area contributed by atoms with E-state index < -0.39 is 0 Å². The quantitative estimate of drug-likeness (QED) is 0.805. The number of carbonyl (C=O) groups excluding carboxylic acids is 1. The average Bonchev–Trinajstić information content (AvgIpc) is 2.48. The van der Waals surface area contributed by atoms with Crippen LogP contribution in [0.3, 0.4) is 0 Å². The minimum absolute atomic E-state index is 0. The molecule has 2 fully saturated rings. The Hall–Kier alpha value is -0.280. The molecule has 1 amide bonds. The Balaban J connectivity index is 0.00000242. The van der Waals surface area contributed by atoms with Gasteiger partial charge in [-0.05, 0) is 62.4 Å². The topological polar surface area (TPSA) is 41.1 Å². The van der Waals surface area contributed by atoms with Crippen LogP contribution in [0.4, 0.5) is 0 Å². The van der Waals surface area contributed by atoms with Crippen molar-refractivity contribution in [3.63, 3.8) is 0 Å². The standard InChI is InChI=1S/C18H34N2O.ClH/c1-13(2)15-6-4-8-17(11-15)20-18(21)10-14(3)16-7-5-9-19-12-16;/h13-17,19H,4-12H2,1-3H3,(H,20,21);1H. The van der Waals surface area contributed by atoms with Gasteiger partial charge in [0.1, 0.15) is 0 Å². The van der Waals surface area contributed by atoms with Crippen LogP contribution in [0.2, 0.25) is 0 Å². The van der Waals surface area contributed by atoms with Crippen LogP contribution in [0.5, 0.6) is 0 Å². The number of amides is 1. The zero-order valence-electron chi connectivity index (χ0n) is 14.6. The molecule has 2 rings (SSSR count). The highest BCUT2D eigenvalue weighted by Gasteiger charge is 2.27. The minimum atomic E-state index is 0. The molecule has 4 atom stereocenters. The Morgan fingerprint density at radius 1 is 1.14 bits per heavy atom. The first-order valence-corrected chi connectivity index (χ1v) is 9.06. The Bertz CT molecular complexity index is 329. The Kier molecular flexibility index (Phi) is 8.78. The van der Waals surface area contributed by atoms with Crippen LogP contribution < -0.4 is 10.6 Å². The summed E-state index contributed by atoms with van der Waals surface area (Å²) in [7, 11) is 0. The molecule has 0 bridgehead atoms. The maximum absolute atomic E-state index is 12.3. The molecule has 0 aromatic carbocycles. The zero-order chi connectivity index (χ0) is 15.2. The molecule has 2 N–H and O–H groups in total. The Labute approximate surface area is 142 Å².